The smallest absolute Gasteiger partial charge is 0.306 e. The maximum absolute atomic E-state index is 11.7. The van der Waals surface area contributed by atoms with Crippen LogP contribution in [-0.2, 0) is 9.53 Å². The third-order valence-corrected chi connectivity index (χ3v) is 3.81. The van der Waals surface area contributed by atoms with Crippen LogP contribution in [0.1, 0.15) is 52.5 Å². The number of benzene rings is 1. The van der Waals surface area contributed by atoms with Crippen molar-refractivity contribution >= 4 is 34.6 Å². The molecule has 1 aromatic carbocycles. The predicted octanol–water partition coefficient (Wildman–Crippen LogP) is 5.22. The Morgan fingerprint density at radius 2 is 1.96 bits per heavy atom. The molecule has 134 valence electrons. The molecule has 0 aliphatic heterocycles. The van der Waals surface area contributed by atoms with Crippen molar-refractivity contribution < 1.29 is 19.0 Å². The summed E-state index contributed by atoms with van der Waals surface area (Å²) in [4.78, 5) is 11.7. The lowest BCUT2D eigenvalue weighted by molar-refractivity contribution is -0.154. The highest BCUT2D eigenvalue weighted by Crippen LogP contribution is 2.34. The zero-order valence-electron chi connectivity index (χ0n) is 15.0. The number of halogens is 1. The van der Waals surface area contributed by atoms with Crippen molar-refractivity contribution in [3.8, 4) is 11.5 Å². The van der Waals surface area contributed by atoms with Gasteiger partial charge in [-0.15, -0.1) is 0 Å². The van der Waals surface area contributed by atoms with E-state index in [1.54, 1.807) is 6.08 Å². The summed E-state index contributed by atoms with van der Waals surface area (Å²) in [5.41, 5.74) is 0.573. The molecular weight excluding hydrogens is 419 g/mol. The molecule has 0 bridgehead atoms. The summed E-state index contributed by atoms with van der Waals surface area (Å²) in [6.07, 6.45) is 3.71. The second kappa shape index (κ2) is 9.91. The fraction of sp³-hybridized carbons (Fsp3) is 0.526. The van der Waals surface area contributed by atoms with Crippen LogP contribution in [0.3, 0.4) is 0 Å². The Hall–Kier alpha value is -1.24. The van der Waals surface area contributed by atoms with Gasteiger partial charge < -0.3 is 14.2 Å². The van der Waals surface area contributed by atoms with Gasteiger partial charge in [0.1, 0.15) is 5.60 Å². The molecule has 0 amide bonds. The quantitative estimate of drug-likeness (QED) is 0.296. The highest BCUT2D eigenvalue weighted by molar-refractivity contribution is 14.1. The van der Waals surface area contributed by atoms with Crippen LogP contribution >= 0.6 is 22.6 Å². The van der Waals surface area contributed by atoms with Gasteiger partial charge >= 0.3 is 5.97 Å². The maximum atomic E-state index is 11.7. The molecule has 0 radical (unpaired) electrons. The predicted molar refractivity (Wildman–Crippen MR) is 106 cm³/mol. The minimum Gasteiger partial charge on any atom is -0.490 e. The van der Waals surface area contributed by atoms with Crippen molar-refractivity contribution in [1.82, 2.24) is 0 Å². The number of carbonyl (C=O) groups excluding carboxylic acids is 1. The summed E-state index contributed by atoms with van der Waals surface area (Å²) in [6.45, 7) is 12.5. The van der Waals surface area contributed by atoms with Gasteiger partial charge in [0.05, 0.1) is 16.8 Å². The van der Waals surface area contributed by atoms with Crippen molar-refractivity contribution in [3.05, 3.63) is 27.8 Å². The SMILES string of the molecule is C=Cc1cc(I)c(OCCCCC(=O)OC(C)(C)C)c(OCC)c1. The van der Waals surface area contributed by atoms with E-state index in [1.165, 1.54) is 0 Å². The van der Waals surface area contributed by atoms with Gasteiger partial charge in [-0.25, -0.2) is 0 Å². The van der Waals surface area contributed by atoms with Crippen LogP contribution in [0, 0.1) is 3.57 Å². The molecule has 0 unspecified atom stereocenters. The van der Waals surface area contributed by atoms with Gasteiger partial charge in [0.2, 0.25) is 0 Å². The Morgan fingerprint density at radius 1 is 1.25 bits per heavy atom. The Kier molecular flexibility index (Phi) is 8.59. The average molecular weight is 446 g/mol. The van der Waals surface area contributed by atoms with E-state index in [2.05, 4.69) is 29.2 Å². The molecule has 1 aromatic rings. The Bertz CT molecular complexity index is 561. The zero-order valence-corrected chi connectivity index (χ0v) is 17.1. The molecule has 0 spiro atoms. The Labute approximate surface area is 158 Å². The molecule has 0 saturated carbocycles. The average Bonchev–Trinajstić information content (AvgIpc) is 2.47. The van der Waals surface area contributed by atoms with E-state index in [9.17, 15) is 4.79 Å². The van der Waals surface area contributed by atoms with Crippen molar-refractivity contribution in [1.29, 1.82) is 0 Å². The first-order valence-electron chi connectivity index (χ1n) is 8.20. The van der Waals surface area contributed by atoms with Crippen molar-refractivity contribution in [3.63, 3.8) is 0 Å². The van der Waals surface area contributed by atoms with Gasteiger partial charge in [0.25, 0.3) is 0 Å². The van der Waals surface area contributed by atoms with E-state index >= 15 is 0 Å². The molecule has 1 rings (SSSR count). The third-order valence-electron chi connectivity index (χ3n) is 3.01. The zero-order chi connectivity index (χ0) is 18.2. The topological polar surface area (TPSA) is 44.8 Å². The standard InChI is InChI=1S/C19H27IO4/c1-6-14-12-15(20)18(16(13-14)22-7-2)23-11-9-8-10-17(21)24-19(3,4)5/h6,12-13H,1,7-11H2,2-5H3. The molecule has 0 N–H and O–H groups in total. The normalized spacial score (nSPS) is 11.0. The van der Waals surface area contributed by atoms with Gasteiger partial charge in [0.15, 0.2) is 11.5 Å². The van der Waals surface area contributed by atoms with Crippen LogP contribution < -0.4 is 9.47 Å². The Balaban J connectivity index is 2.50. The summed E-state index contributed by atoms with van der Waals surface area (Å²) < 4.78 is 17.8. The van der Waals surface area contributed by atoms with E-state index < -0.39 is 5.60 Å². The summed E-state index contributed by atoms with van der Waals surface area (Å²) >= 11 is 2.23. The fourth-order valence-corrected chi connectivity index (χ4v) is 2.83. The van der Waals surface area contributed by atoms with Crippen LogP contribution in [0.5, 0.6) is 11.5 Å². The van der Waals surface area contributed by atoms with Gasteiger partial charge in [0, 0.05) is 6.42 Å². The maximum Gasteiger partial charge on any atom is 0.306 e. The number of esters is 1. The van der Waals surface area contributed by atoms with E-state index in [1.807, 2.05) is 39.8 Å². The number of carbonyl (C=O) groups is 1. The van der Waals surface area contributed by atoms with Gasteiger partial charge in [-0.05, 0) is 80.8 Å². The minimum absolute atomic E-state index is 0.164. The largest absolute Gasteiger partial charge is 0.490 e. The second-order valence-electron chi connectivity index (χ2n) is 6.36. The monoisotopic (exact) mass is 446 g/mol. The molecule has 0 aliphatic carbocycles. The molecule has 0 atom stereocenters. The summed E-state index contributed by atoms with van der Waals surface area (Å²) in [5, 5.41) is 0. The number of unbranched alkanes of at least 4 members (excludes halogenated alkanes) is 1. The van der Waals surface area contributed by atoms with Gasteiger partial charge in [-0.1, -0.05) is 12.7 Å². The van der Waals surface area contributed by atoms with E-state index in [4.69, 9.17) is 14.2 Å². The molecule has 0 saturated heterocycles. The first-order chi connectivity index (χ1) is 11.3. The highest BCUT2D eigenvalue weighted by atomic mass is 127. The first kappa shape index (κ1) is 20.8. The minimum atomic E-state index is -0.428. The third kappa shape index (κ3) is 7.55. The van der Waals surface area contributed by atoms with Crippen LogP contribution in [0.4, 0.5) is 0 Å². The van der Waals surface area contributed by atoms with Crippen molar-refractivity contribution in [2.45, 2.75) is 52.6 Å². The first-order valence-corrected chi connectivity index (χ1v) is 9.28. The van der Waals surface area contributed by atoms with Crippen LogP contribution in [0.2, 0.25) is 0 Å². The van der Waals surface area contributed by atoms with Crippen molar-refractivity contribution in [2.75, 3.05) is 13.2 Å². The van der Waals surface area contributed by atoms with E-state index in [-0.39, 0.29) is 5.97 Å². The molecule has 5 heteroatoms. The molecular formula is C19H27IO4. The summed E-state index contributed by atoms with van der Waals surface area (Å²) in [7, 11) is 0. The number of hydrogen-bond acceptors (Lipinski definition) is 4. The number of rotatable bonds is 9. The van der Waals surface area contributed by atoms with E-state index in [0.717, 1.165) is 33.5 Å². The lowest BCUT2D eigenvalue weighted by Gasteiger charge is -2.19. The second-order valence-corrected chi connectivity index (χ2v) is 7.52. The molecule has 0 aliphatic rings. The molecule has 0 heterocycles. The van der Waals surface area contributed by atoms with Gasteiger partial charge in [-0.3, -0.25) is 4.79 Å². The molecule has 0 aromatic heterocycles. The lowest BCUT2D eigenvalue weighted by atomic mass is 10.2. The van der Waals surface area contributed by atoms with Gasteiger partial charge in [-0.2, -0.15) is 0 Å². The van der Waals surface area contributed by atoms with Crippen molar-refractivity contribution in [2.24, 2.45) is 0 Å². The molecule has 0 fully saturated rings. The summed E-state index contributed by atoms with van der Waals surface area (Å²) in [5.74, 6) is 1.31. The van der Waals surface area contributed by atoms with Crippen LogP contribution in [0.15, 0.2) is 18.7 Å². The Morgan fingerprint density at radius 3 is 2.54 bits per heavy atom. The van der Waals surface area contributed by atoms with Crippen LogP contribution in [-0.4, -0.2) is 24.8 Å². The number of hydrogen-bond donors (Lipinski definition) is 0. The molecule has 4 nitrogen and oxygen atoms in total. The highest BCUT2D eigenvalue weighted by Gasteiger charge is 2.16. The number of ether oxygens (including phenoxy) is 3. The van der Waals surface area contributed by atoms with E-state index in [0.29, 0.717) is 19.6 Å². The molecule has 24 heavy (non-hydrogen) atoms. The van der Waals surface area contributed by atoms with Crippen LogP contribution in [0.25, 0.3) is 6.08 Å². The fourth-order valence-electron chi connectivity index (χ4n) is 2.05. The summed E-state index contributed by atoms with van der Waals surface area (Å²) in [6, 6.07) is 3.93. The lowest BCUT2D eigenvalue weighted by Crippen LogP contribution is -2.23.